The molecule has 1 unspecified atom stereocenters. The lowest BCUT2D eigenvalue weighted by Crippen LogP contribution is -2.47. The first-order valence-electron chi connectivity index (χ1n) is 5.90. The number of amides is 1. The fourth-order valence-electron chi connectivity index (χ4n) is 1.61. The zero-order valence-corrected chi connectivity index (χ0v) is 12.1. The number of nitrogens with one attached hydrogen (secondary N) is 1. The van der Waals surface area contributed by atoms with Gasteiger partial charge in [-0.05, 0) is 24.1 Å². The highest BCUT2D eigenvalue weighted by atomic mass is 32.2. The lowest BCUT2D eigenvalue weighted by molar-refractivity contribution is -0.120. The predicted molar refractivity (Wildman–Crippen MR) is 71.5 cm³/mol. The first-order chi connectivity index (χ1) is 9.56. The third-order valence-corrected chi connectivity index (χ3v) is 4.20. The van der Waals surface area contributed by atoms with E-state index in [2.05, 4.69) is 0 Å². The molecule has 1 amide bonds. The zero-order chi connectivity index (χ0) is 16.4. The van der Waals surface area contributed by atoms with Gasteiger partial charge in [-0.3, -0.25) is 4.79 Å². The van der Waals surface area contributed by atoms with Crippen molar-refractivity contribution >= 4 is 21.9 Å². The highest BCUT2D eigenvalue weighted by Gasteiger charge is 2.28. The number of carboxylic acid groups (broad SMARTS) is 1. The predicted octanol–water partition coefficient (Wildman–Crippen LogP) is 0.312. The lowest BCUT2D eigenvalue weighted by Gasteiger charge is -2.19. The number of hydrogen-bond acceptors (Lipinski definition) is 4. The number of carbonyl (C=O) groups excluding carboxylic acids is 1. The van der Waals surface area contributed by atoms with E-state index in [1.165, 1.54) is 0 Å². The summed E-state index contributed by atoms with van der Waals surface area (Å²) in [5.74, 6) is -3.94. The highest BCUT2D eigenvalue weighted by Crippen LogP contribution is 2.17. The molecule has 0 aromatic heterocycles. The molecule has 116 valence electrons. The van der Waals surface area contributed by atoms with E-state index >= 15 is 0 Å². The molecule has 9 heteroatoms. The minimum absolute atomic E-state index is 0.387. The number of benzene rings is 1. The number of hydrogen-bond donors (Lipinski definition) is 3. The van der Waals surface area contributed by atoms with Crippen LogP contribution in [0.25, 0.3) is 0 Å². The normalized spacial score (nSPS) is 13.1. The van der Waals surface area contributed by atoms with Crippen LogP contribution in [-0.4, -0.2) is 31.4 Å². The number of primary amides is 1. The Morgan fingerprint density at radius 1 is 1.33 bits per heavy atom. The van der Waals surface area contributed by atoms with Gasteiger partial charge in [0.1, 0.15) is 16.8 Å². The van der Waals surface area contributed by atoms with Crippen LogP contribution in [0.5, 0.6) is 0 Å². The number of halogens is 1. The summed E-state index contributed by atoms with van der Waals surface area (Å²) < 4.78 is 39.9. The van der Waals surface area contributed by atoms with E-state index in [1.807, 2.05) is 4.72 Å². The Morgan fingerprint density at radius 2 is 1.90 bits per heavy atom. The second-order valence-corrected chi connectivity index (χ2v) is 6.38. The summed E-state index contributed by atoms with van der Waals surface area (Å²) in [6.45, 7) is 3.14. The third-order valence-electron chi connectivity index (χ3n) is 2.72. The summed E-state index contributed by atoms with van der Waals surface area (Å²) in [7, 11) is -4.34. The van der Waals surface area contributed by atoms with Gasteiger partial charge in [0.05, 0.1) is 5.56 Å². The van der Waals surface area contributed by atoms with Gasteiger partial charge in [0, 0.05) is 0 Å². The van der Waals surface area contributed by atoms with Gasteiger partial charge in [-0.2, -0.15) is 4.72 Å². The van der Waals surface area contributed by atoms with Crippen LogP contribution in [-0.2, 0) is 14.8 Å². The Kier molecular flexibility index (Phi) is 5.02. The quantitative estimate of drug-likeness (QED) is 0.696. The summed E-state index contributed by atoms with van der Waals surface area (Å²) in [6.07, 6.45) is 0. The van der Waals surface area contributed by atoms with E-state index < -0.39 is 44.6 Å². The molecule has 1 aromatic rings. The molecule has 1 atom stereocenters. The van der Waals surface area contributed by atoms with Crippen LogP contribution in [0.2, 0.25) is 0 Å². The van der Waals surface area contributed by atoms with E-state index in [9.17, 15) is 22.4 Å². The number of carbonyl (C=O) groups is 2. The molecule has 0 saturated carbocycles. The zero-order valence-electron chi connectivity index (χ0n) is 11.3. The van der Waals surface area contributed by atoms with Crippen molar-refractivity contribution in [1.82, 2.24) is 4.72 Å². The molecule has 0 radical (unpaired) electrons. The molecule has 1 aromatic carbocycles. The van der Waals surface area contributed by atoms with Gasteiger partial charge in [0.15, 0.2) is 0 Å². The number of sulfonamides is 1. The first-order valence-corrected chi connectivity index (χ1v) is 7.39. The Balaban J connectivity index is 3.19. The summed E-state index contributed by atoms with van der Waals surface area (Å²) in [4.78, 5) is 21.1. The van der Waals surface area contributed by atoms with Gasteiger partial charge in [0.2, 0.25) is 15.9 Å². The molecule has 4 N–H and O–H groups in total. The molecule has 21 heavy (non-hydrogen) atoms. The average molecular weight is 318 g/mol. The maximum atomic E-state index is 13.8. The van der Waals surface area contributed by atoms with Gasteiger partial charge >= 0.3 is 5.97 Å². The SMILES string of the molecule is CC(C)C(NS(=O)(=O)c1ccc(C(=O)O)cc1F)C(N)=O. The van der Waals surface area contributed by atoms with E-state index in [-0.39, 0.29) is 5.56 Å². The summed E-state index contributed by atoms with van der Waals surface area (Å²) >= 11 is 0. The van der Waals surface area contributed by atoms with Gasteiger partial charge in [0.25, 0.3) is 0 Å². The van der Waals surface area contributed by atoms with Gasteiger partial charge < -0.3 is 10.8 Å². The number of nitrogens with two attached hydrogens (primary N) is 1. The number of aromatic carboxylic acids is 1. The van der Waals surface area contributed by atoms with Crippen molar-refractivity contribution in [1.29, 1.82) is 0 Å². The van der Waals surface area contributed by atoms with Crippen molar-refractivity contribution in [2.24, 2.45) is 11.7 Å². The van der Waals surface area contributed by atoms with Crippen molar-refractivity contribution in [2.75, 3.05) is 0 Å². The topological polar surface area (TPSA) is 127 Å². The lowest BCUT2D eigenvalue weighted by atomic mass is 10.1. The Bertz CT molecular complexity index is 672. The van der Waals surface area contributed by atoms with Crippen LogP contribution in [0.1, 0.15) is 24.2 Å². The fraction of sp³-hybridized carbons (Fsp3) is 0.333. The molecule has 1 rings (SSSR count). The summed E-state index contributed by atoms with van der Waals surface area (Å²) in [5, 5.41) is 8.70. The second kappa shape index (κ2) is 6.19. The van der Waals surface area contributed by atoms with Gasteiger partial charge in [-0.25, -0.2) is 17.6 Å². The molecular weight excluding hydrogens is 303 g/mol. The van der Waals surface area contributed by atoms with Crippen molar-refractivity contribution in [3.8, 4) is 0 Å². The van der Waals surface area contributed by atoms with Crippen LogP contribution >= 0.6 is 0 Å². The van der Waals surface area contributed by atoms with Crippen molar-refractivity contribution in [2.45, 2.75) is 24.8 Å². The van der Waals surface area contributed by atoms with Gasteiger partial charge in [-0.15, -0.1) is 0 Å². The van der Waals surface area contributed by atoms with Crippen LogP contribution in [0.3, 0.4) is 0 Å². The minimum atomic E-state index is -4.34. The average Bonchev–Trinajstić information content (AvgIpc) is 2.34. The van der Waals surface area contributed by atoms with Crippen LogP contribution in [0.15, 0.2) is 23.1 Å². The molecule has 0 aliphatic carbocycles. The maximum Gasteiger partial charge on any atom is 0.335 e. The maximum absolute atomic E-state index is 13.8. The molecule has 7 nitrogen and oxygen atoms in total. The summed E-state index contributed by atoms with van der Waals surface area (Å²) in [6, 6.07) is 1.16. The Hall–Kier alpha value is -2.00. The van der Waals surface area contributed by atoms with Crippen molar-refractivity contribution in [3.05, 3.63) is 29.6 Å². The Labute approximate surface area is 121 Å². The molecule has 0 aliphatic heterocycles. The molecule has 0 spiro atoms. The molecular formula is C12H15FN2O5S. The van der Waals surface area contributed by atoms with Crippen LogP contribution in [0, 0.1) is 11.7 Å². The standard InChI is InChI=1S/C12H15FN2O5S/c1-6(2)10(11(14)16)15-21(19,20)9-4-3-7(12(17)18)5-8(9)13/h3-6,10,15H,1-2H3,(H2,14,16)(H,17,18). The molecule has 0 aliphatic rings. The molecule has 0 bridgehead atoms. The second-order valence-electron chi connectivity index (χ2n) is 4.70. The minimum Gasteiger partial charge on any atom is -0.478 e. The molecule has 0 heterocycles. The molecule has 0 fully saturated rings. The monoisotopic (exact) mass is 318 g/mol. The van der Waals surface area contributed by atoms with Crippen LogP contribution in [0.4, 0.5) is 4.39 Å². The van der Waals surface area contributed by atoms with Crippen molar-refractivity contribution < 1.29 is 27.5 Å². The van der Waals surface area contributed by atoms with Gasteiger partial charge in [-0.1, -0.05) is 13.8 Å². The third kappa shape index (κ3) is 3.99. The van der Waals surface area contributed by atoms with E-state index in [0.717, 1.165) is 12.1 Å². The first kappa shape index (κ1) is 17.1. The van der Waals surface area contributed by atoms with E-state index in [0.29, 0.717) is 6.07 Å². The number of rotatable bonds is 6. The fourth-order valence-corrected chi connectivity index (χ4v) is 3.02. The van der Waals surface area contributed by atoms with E-state index in [1.54, 1.807) is 13.8 Å². The van der Waals surface area contributed by atoms with Crippen molar-refractivity contribution in [3.63, 3.8) is 0 Å². The molecule has 0 saturated heterocycles. The Morgan fingerprint density at radius 3 is 2.29 bits per heavy atom. The highest BCUT2D eigenvalue weighted by molar-refractivity contribution is 7.89. The summed E-state index contributed by atoms with van der Waals surface area (Å²) in [5.41, 5.74) is 4.70. The number of carboxylic acids is 1. The van der Waals surface area contributed by atoms with Crippen LogP contribution < -0.4 is 10.5 Å². The largest absolute Gasteiger partial charge is 0.478 e. The van der Waals surface area contributed by atoms with E-state index in [4.69, 9.17) is 10.8 Å². The smallest absolute Gasteiger partial charge is 0.335 e.